The topological polar surface area (TPSA) is 29.1 Å². The molecule has 1 unspecified atom stereocenters. The number of carbonyl (C=O) groups is 1. The van der Waals surface area contributed by atoms with Gasteiger partial charge in [0.1, 0.15) is 0 Å². The number of hydrogen-bond donors (Lipinski definition) is 1. The van der Waals surface area contributed by atoms with E-state index in [2.05, 4.69) is 30.4 Å². The highest BCUT2D eigenvalue weighted by Gasteiger charge is 2.21. The van der Waals surface area contributed by atoms with Crippen LogP contribution in [0.15, 0.2) is 18.2 Å². The summed E-state index contributed by atoms with van der Waals surface area (Å²) in [5, 5.41) is 2.88. The second kappa shape index (κ2) is 4.69. The average Bonchev–Trinajstić information content (AvgIpc) is 2.60. The van der Waals surface area contributed by atoms with Crippen molar-refractivity contribution in [2.45, 2.75) is 39.0 Å². The molecule has 1 aromatic rings. The standard InChI is InChI=1S/C14H19NO/c1-10-3-4-12-5-6-13(14(12)9-10)7-8-15-11(2)16/h3-4,9,13H,5-8H2,1-2H3,(H,15,16). The molecule has 1 amide bonds. The van der Waals surface area contributed by atoms with Gasteiger partial charge in [-0.25, -0.2) is 0 Å². The molecule has 1 aliphatic carbocycles. The Kier molecular flexibility index (Phi) is 3.28. The van der Waals surface area contributed by atoms with Crippen LogP contribution in [0.2, 0.25) is 0 Å². The zero-order valence-electron chi connectivity index (χ0n) is 10.0. The fourth-order valence-corrected chi connectivity index (χ4v) is 2.53. The molecule has 0 saturated carbocycles. The van der Waals surface area contributed by atoms with E-state index in [0.717, 1.165) is 13.0 Å². The van der Waals surface area contributed by atoms with Crippen LogP contribution in [0.1, 0.15) is 42.4 Å². The van der Waals surface area contributed by atoms with Crippen LogP contribution in [0.5, 0.6) is 0 Å². The van der Waals surface area contributed by atoms with Gasteiger partial charge >= 0.3 is 0 Å². The zero-order valence-corrected chi connectivity index (χ0v) is 10.0. The summed E-state index contributed by atoms with van der Waals surface area (Å²) < 4.78 is 0. The first kappa shape index (κ1) is 11.2. The van der Waals surface area contributed by atoms with Crippen molar-refractivity contribution in [1.82, 2.24) is 5.32 Å². The van der Waals surface area contributed by atoms with Crippen LogP contribution in [-0.2, 0) is 11.2 Å². The molecule has 0 fully saturated rings. The summed E-state index contributed by atoms with van der Waals surface area (Å²) in [5.74, 6) is 0.712. The number of benzene rings is 1. The number of amides is 1. The van der Waals surface area contributed by atoms with E-state index in [1.807, 2.05) is 0 Å². The maximum Gasteiger partial charge on any atom is 0.216 e. The van der Waals surface area contributed by atoms with Gasteiger partial charge in [0.2, 0.25) is 5.91 Å². The molecule has 0 heterocycles. The van der Waals surface area contributed by atoms with Gasteiger partial charge in [0.05, 0.1) is 0 Å². The lowest BCUT2D eigenvalue weighted by Crippen LogP contribution is -2.22. The van der Waals surface area contributed by atoms with E-state index in [1.54, 1.807) is 6.92 Å². The number of nitrogens with one attached hydrogen (secondary N) is 1. The number of aryl methyl sites for hydroxylation is 2. The van der Waals surface area contributed by atoms with Gasteiger partial charge < -0.3 is 5.32 Å². The molecule has 86 valence electrons. The van der Waals surface area contributed by atoms with Crippen molar-refractivity contribution < 1.29 is 4.79 Å². The predicted molar refractivity (Wildman–Crippen MR) is 65.5 cm³/mol. The third kappa shape index (κ3) is 2.43. The third-order valence-electron chi connectivity index (χ3n) is 3.37. The number of hydrogen-bond acceptors (Lipinski definition) is 1. The lowest BCUT2D eigenvalue weighted by Gasteiger charge is -2.12. The van der Waals surface area contributed by atoms with Crippen LogP contribution >= 0.6 is 0 Å². The van der Waals surface area contributed by atoms with Crippen molar-refractivity contribution in [2.75, 3.05) is 6.54 Å². The first-order chi connectivity index (χ1) is 7.66. The zero-order chi connectivity index (χ0) is 11.5. The van der Waals surface area contributed by atoms with Crippen LogP contribution in [-0.4, -0.2) is 12.5 Å². The largest absolute Gasteiger partial charge is 0.356 e. The summed E-state index contributed by atoms with van der Waals surface area (Å²) in [6.07, 6.45) is 3.49. The van der Waals surface area contributed by atoms with Gasteiger partial charge in [0.15, 0.2) is 0 Å². The highest BCUT2D eigenvalue weighted by atomic mass is 16.1. The van der Waals surface area contributed by atoms with Crippen molar-refractivity contribution in [3.63, 3.8) is 0 Å². The van der Waals surface area contributed by atoms with E-state index >= 15 is 0 Å². The summed E-state index contributed by atoms with van der Waals surface area (Å²) in [5.41, 5.74) is 4.34. The van der Waals surface area contributed by atoms with Crippen LogP contribution in [0.25, 0.3) is 0 Å². The Morgan fingerprint density at radius 3 is 3.06 bits per heavy atom. The van der Waals surface area contributed by atoms with Gasteiger partial charge in [-0.05, 0) is 43.2 Å². The third-order valence-corrected chi connectivity index (χ3v) is 3.37. The van der Waals surface area contributed by atoms with Crippen molar-refractivity contribution in [2.24, 2.45) is 0 Å². The number of carbonyl (C=O) groups excluding carboxylic acids is 1. The molecule has 2 heteroatoms. The molecular weight excluding hydrogens is 198 g/mol. The van der Waals surface area contributed by atoms with Gasteiger partial charge in [0, 0.05) is 13.5 Å². The van der Waals surface area contributed by atoms with Crippen molar-refractivity contribution in [3.8, 4) is 0 Å². The fourth-order valence-electron chi connectivity index (χ4n) is 2.53. The second-order valence-corrected chi connectivity index (χ2v) is 4.71. The SMILES string of the molecule is CC(=O)NCCC1CCc2ccc(C)cc21. The molecule has 0 spiro atoms. The molecule has 1 aromatic carbocycles. The number of fused-ring (bicyclic) bond motifs is 1. The highest BCUT2D eigenvalue weighted by Crippen LogP contribution is 2.35. The predicted octanol–water partition coefficient (Wildman–Crippen LogP) is 2.55. The van der Waals surface area contributed by atoms with Crippen LogP contribution in [0.3, 0.4) is 0 Å². The quantitative estimate of drug-likeness (QED) is 0.828. The molecule has 2 nitrogen and oxygen atoms in total. The molecule has 1 aliphatic rings. The van der Waals surface area contributed by atoms with Gasteiger partial charge in [-0.15, -0.1) is 0 Å². The minimum Gasteiger partial charge on any atom is -0.356 e. The molecule has 0 aromatic heterocycles. The smallest absolute Gasteiger partial charge is 0.216 e. The molecule has 1 atom stereocenters. The summed E-state index contributed by atoms with van der Waals surface area (Å²) in [6, 6.07) is 6.75. The first-order valence-electron chi connectivity index (χ1n) is 6.00. The molecule has 16 heavy (non-hydrogen) atoms. The maximum absolute atomic E-state index is 10.8. The molecule has 0 saturated heterocycles. The minimum atomic E-state index is 0.0717. The van der Waals surface area contributed by atoms with E-state index in [0.29, 0.717) is 5.92 Å². The summed E-state index contributed by atoms with van der Waals surface area (Å²) in [7, 11) is 0. The van der Waals surface area contributed by atoms with Crippen molar-refractivity contribution in [1.29, 1.82) is 0 Å². The lowest BCUT2D eigenvalue weighted by molar-refractivity contribution is -0.118. The Morgan fingerprint density at radius 1 is 1.50 bits per heavy atom. The molecule has 2 rings (SSSR count). The Hall–Kier alpha value is -1.31. The minimum absolute atomic E-state index is 0.0717. The monoisotopic (exact) mass is 217 g/mol. The van der Waals surface area contributed by atoms with E-state index in [4.69, 9.17) is 0 Å². The Balaban J connectivity index is 2.00. The Morgan fingerprint density at radius 2 is 2.31 bits per heavy atom. The van der Waals surface area contributed by atoms with Crippen LogP contribution < -0.4 is 5.32 Å². The van der Waals surface area contributed by atoms with E-state index < -0.39 is 0 Å². The Bertz CT molecular complexity index is 398. The van der Waals surface area contributed by atoms with Gasteiger partial charge in [-0.1, -0.05) is 23.8 Å². The molecule has 0 bridgehead atoms. The molecular formula is C14H19NO. The Labute approximate surface area is 97.1 Å². The van der Waals surface area contributed by atoms with E-state index in [1.165, 1.54) is 29.5 Å². The van der Waals surface area contributed by atoms with Crippen LogP contribution in [0.4, 0.5) is 0 Å². The molecule has 0 aliphatic heterocycles. The highest BCUT2D eigenvalue weighted by molar-refractivity contribution is 5.72. The first-order valence-corrected chi connectivity index (χ1v) is 6.00. The van der Waals surface area contributed by atoms with E-state index in [9.17, 15) is 4.79 Å². The van der Waals surface area contributed by atoms with Crippen molar-refractivity contribution >= 4 is 5.91 Å². The number of rotatable bonds is 3. The van der Waals surface area contributed by atoms with Crippen LogP contribution in [0, 0.1) is 6.92 Å². The average molecular weight is 217 g/mol. The maximum atomic E-state index is 10.8. The summed E-state index contributed by atoms with van der Waals surface area (Å²) in [4.78, 5) is 10.8. The van der Waals surface area contributed by atoms with E-state index in [-0.39, 0.29) is 5.91 Å². The fraction of sp³-hybridized carbons (Fsp3) is 0.500. The molecule has 0 radical (unpaired) electrons. The van der Waals surface area contributed by atoms with Gasteiger partial charge in [-0.3, -0.25) is 4.79 Å². The van der Waals surface area contributed by atoms with Crippen molar-refractivity contribution in [3.05, 3.63) is 34.9 Å². The summed E-state index contributed by atoms with van der Waals surface area (Å²) >= 11 is 0. The van der Waals surface area contributed by atoms with Gasteiger partial charge in [0.25, 0.3) is 0 Å². The normalized spacial score (nSPS) is 18.2. The summed E-state index contributed by atoms with van der Waals surface area (Å²) in [6.45, 7) is 4.52. The van der Waals surface area contributed by atoms with Gasteiger partial charge in [-0.2, -0.15) is 0 Å². The second-order valence-electron chi connectivity index (χ2n) is 4.71. The molecule has 1 N–H and O–H groups in total. The lowest BCUT2D eigenvalue weighted by atomic mass is 9.96.